The second-order valence-corrected chi connectivity index (χ2v) is 5.30. The molecule has 0 aliphatic carbocycles. The topological polar surface area (TPSA) is 64.6 Å². The van der Waals surface area contributed by atoms with Crippen LogP contribution in [0.2, 0.25) is 0 Å². The first-order chi connectivity index (χ1) is 9.47. The van der Waals surface area contributed by atoms with Gasteiger partial charge in [-0.2, -0.15) is 0 Å². The minimum absolute atomic E-state index is 0.205. The van der Waals surface area contributed by atoms with Crippen molar-refractivity contribution in [1.29, 1.82) is 0 Å². The third kappa shape index (κ3) is 7.11. The van der Waals surface area contributed by atoms with Gasteiger partial charge in [0.2, 0.25) is 0 Å². The van der Waals surface area contributed by atoms with Gasteiger partial charge >= 0.3 is 6.03 Å². The zero-order valence-corrected chi connectivity index (χ0v) is 12.5. The van der Waals surface area contributed by atoms with Crippen molar-refractivity contribution in [3.05, 3.63) is 35.4 Å². The van der Waals surface area contributed by atoms with Crippen LogP contribution in [0.5, 0.6) is 0 Å². The molecular formula is C15H25N3O2. The number of aliphatic hydroxyl groups excluding tert-OH is 1. The third-order valence-corrected chi connectivity index (χ3v) is 2.79. The van der Waals surface area contributed by atoms with Crippen molar-refractivity contribution >= 4 is 6.03 Å². The Kier molecular flexibility index (Phi) is 7.04. The van der Waals surface area contributed by atoms with Crippen molar-refractivity contribution in [3.63, 3.8) is 0 Å². The summed E-state index contributed by atoms with van der Waals surface area (Å²) in [6.45, 7) is 3.57. The smallest absolute Gasteiger partial charge is 0.315 e. The van der Waals surface area contributed by atoms with Gasteiger partial charge in [0.25, 0.3) is 0 Å². The maximum atomic E-state index is 11.5. The summed E-state index contributed by atoms with van der Waals surface area (Å²) in [5.74, 6) is 0. The number of nitrogens with zero attached hydrogens (tertiary/aromatic N) is 1. The number of rotatable bonds is 7. The van der Waals surface area contributed by atoms with E-state index in [9.17, 15) is 4.79 Å². The van der Waals surface area contributed by atoms with Crippen LogP contribution in [0, 0.1) is 0 Å². The molecule has 1 aromatic rings. The van der Waals surface area contributed by atoms with Gasteiger partial charge in [-0.3, -0.25) is 0 Å². The van der Waals surface area contributed by atoms with Crippen LogP contribution in [-0.2, 0) is 13.1 Å². The predicted octanol–water partition coefficient (Wildman–Crippen LogP) is 1.32. The van der Waals surface area contributed by atoms with Gasteiger partial charge < -0.3 is 20.6 Å². The molecule has 0 heterocycles. The van der Waals surface area contributed by atoms with E-state index in [4.69, 9.17) is 5.11 Å². The number of urea groups is 1. The first kappa shape index (κ1) is 16.5. The zero-order chi connectivity index (χ0) is 15.0. The first-order valence-corrected chi connectivity index (χ1v) is 6.89. The molecule has 2 amide bonds. The van der Waals surface area contributed by atoms with Crippen molar-refractivity contribution in [1.82, 2.24) is 15.5 Å². The highest BCUT2D eigenvalue weighted by molar-refractivity contribution is 5.73. The predicted molar refractivity (Wildman–Crippen MR) is 80.4 cm³/mol. The fourth-order valence-corrected chi connectivity index (χ4v) is 1.84. The van der Waals surface area contributed by atoms with Gasteiger partial charge in [-0.25, -0.2) is 4.79 Å². The fraction of sp³-hybridized carbons (Fsp3) is 0.533. The molecule has 0 aliphatic rings. The molecule has 5 heteroatoms. The highest BCUT2D eigenvalue weighted by Crippen LogP contribution is 2.06. The Morgan fingerprint density at radius 3 is 2.65 bits per heavy atom. The Balaban J connectivity index is 2.35. The van der Waals surface area contributed by atoms with E-state index < -0.39 is 6.10 Å². The second-order valence-electron chi connectivity index (χ2n) is 5.30. The van der Waals surface area contributed by atoms with Gasteiger partial charge in [0, 0.05) is 19.6 Å². The second kappa shape index (κ2) is 8.55. The van der Waals surface area contributed by atoms with Crippen LogP contribution in [0.15, 0.2) is 24.3 Å². The summed E-state index contributed by atoms with van der Waals surface area (Å²) in [4.78, 5) is 13.7. The van der Waals surface area contributed by atoms with Crippen LogP contribution in [0.1, 0.15) is 24.5 Å². The number of carbonyl (C=O) groups is 1. The number of hydrogen-bond acceptors (Lipinski definition) is 3. The molecule has 5 nitrogen and oxygen atoms in total. The number of carbonyl (C=O) groups excluding carboxylic acids is 1. The zero-order valence-electron chi connectivity index (χ0n) is 12.5. The molecule has 0 saturated carbocycles. The number of nitrogens with one attached hydrogen (secondary N) is 2. The van der Waals surface area contributed by atoms with E-state index in [1.165, 1.54) is 5.56 Å². The maximum Gasteiger partial charge on any atom is 0.315 e. The van der Waals surface area contributed by atoms with Gasteiger partial charge in [-0.15, -0.1) is 0 Å². The van der Waals surface area contributed by atoms with Crippen molar-refractivity contribution in [2.24, 2.45) is 0 Å². The SMILES string of the molecule is CC(O)CCNC(=O)NCc1cccc(CN(C)C)c1. The lowest BCUT2D eigenvalue weighted by atomic mass is 10.1. The molecule has 20 heavy (non-hydrogen) atoms. The molecule has 0 aromatic heterocycles. The van der Waals surface area contributed by atoms with Crippen LogP contribution >= 0.6 is 0 Å². The van der Waals surface area contributed by atoms with Crippen molar-refractivity contribution < 1.29 is 9.90 Å². The third-order valence-electron chi connectivity index (χ3n) is 2.79. The molecule has 0 bridgehead atoms. The van der Waals surface area contributed by atoms with E-state index in [0.717, 1.165) is 12.1 Å². The van der Waals surface area contributed by atoms with E-state index in [-0.39, 0.29) is 6.03 Å². The van der Waals surface area contributed by atoms with Crippen LogP contribution in [-0.4, -0.2) is 42.8 Å². The quantitative estimate of drug-likeness (QED) is 0.705. The van der Waals surface area contributed by atoms with Crippen LogP contribution in [0.25, 0.3) is 0 Å². The molecule has 1 unspecified atom stereocenters. The highest BCUT2D eigenvalue weighted by atomic mass is 16.3. The molecule has 1 atom stereocenters. The van der Waals surface area contributed by atoms with E-state index in [1.807, 2.05) is 26.2 Å². The summed E-state index contributed by atoms with van der Waals surface area (Å²) >= 11 is 0. The molecule has 1 aromatic carbocycles. The average Bonchev–Trinajstić information content (AvgIpc) is 2.35. The van der Waals surface area contributed by atoms with Crippen molar-refractivity contribution in [3.8, 4) is 0 Å². The number of aliphatic hydroxyl groups is 1. The Morgan fingerprint density at radius 1 is 1.30 bits per heavy atom. The molecule has 0 aliphatic heterocycles. The van der Waals surface area contributed by atoms with E-state index in [2.05, 4.69) is 27.7 Å². The number of benzene rings is 1. The Labute approximate surface area is 121 Å². The molecule has 1 rings (SSSR count). The minimum atomic E-state index is -0.391. The minimum Gasteiger partial charge on any atom is -0.393 e. The summed E-state index contributed by atoms with van der Waals surface area (Å²) in [5, 5.41) is 14.6. The van der Waals surface area contributed by atoms with Gasteiger partial charge in [0.1, 0.15) is 0 Å². The van der Waals surface area contributed by atoms with Crippen molar-refractivity contribution in [2.75, 3.05) is 20.6 Å². The summed E-state index contributed by atoms with van der Waals surface area (Å²) in [5.41, 5.74) is 2.30. The average molecular weight is 279 g/mol. The summed E-state index contributed by atoms with van der Waals surface area (Å²) < 4.78 is 0. The Bertz CT molecular complexity index is 419. The molecule has 0 spiro atoms. The van der Waals surface area contributed by atoms with Gasteiger partial charge in [-0.05, 0) is 38.6 Å². The van der Waals surface area contributed by atoms with Crippen molar-refractivity contribution in [2.45, 2.75) is 32.5 Å². The Morgan fingerprint density at radius 2 is 2.00 bits per heavy atom. The Hall–Kier alpha value is -1.59. The molecule has 0 radical (unpaired) electrons. The molecule has 112 valence electrons. The highest BCUT2D eigenvalue weighted by Gasteiger charge is 2.02. The van der Waals surface area contributed by atoms with Gasteiger partial charge in [0.15, 0.2) is 0 Å². The molecule has 0 saturated heterocycles. The lowest BCUT2D eigenvalue weighted by Gasteiger charge is -2.12. The summed E-state index contributed by atoms with van der Waals surface area (Å²) in [6, 6.07) is 7.96. The van der Waals surface area contributed by atoms with E-state index in [1.54, 1.807) is 6.92 Å². The number of hydrogen-bond donors (Lipinski definition) is 3. The van der Waals surface area contributed by atoms with E-state index in [0.29, 0.717) is 19.5 Å². The maximum absolute atomic E-state index is 11.5. The van der Waals surface area contributed by atoms with Crippen LogP contribution in [0.4, 0.5) is 4.79 Å². The number of amides is 2. The normalized spacial score (nSPS) is 12.2. The lowest BCUT2D eigenvalue weighted by Crippen LogP contribution is -2.36. The van der Waals surface area contributed by atoms with Gasteiger partial charge in [0.05, 0.1) is 6.10 Å². The molecular weight excluding hydrogens is 254 g/mol. The van der Waals surface area contributed by atoms with E-state index >= 15 is 0 Å². The lowest BCUT2D eigenvalue weighted by molar-refractivity contribution is 0.183. The standard InChI is InChI=1S/C15H25N3O2/c1-12(19)7-8-16-15(20)17-10-13-5-4-6-14(9-13)11-18(2)3/h4-6,9,12,19H,7-8,10-11H2,1-3H3,(H2,16,17,20). The summed E-state index contributed by atoms with van der Waals surface area (Å²) in [7, 11) is 4.06. The fourth-order valence-electron chi connectivity index (χ4n) is 1.84. The molecule has 0 fully saturated rings. The van der Waals surface area contributed by atoms with Gasteiger partial charge in [-0.1, -0.05) is 24.3 Å². The summed E-state index contributed by atoms with van der Waals surface area (Å²) in [6.07, 6.45) is 0.171. The van der Waals surface area contributed by atoms with Crippen LogP contribution in [0.3, 0.4) is 0 Å². The van der Waals surface area contributed by atoms with Crippen LogP contribution < -0.4 is 10.6 Å². The largest absolute Gasteiger partial charge is 0.393 e. The first-order valence-electron chi connectivity index (χ1n) is 6.89. The molecule has 3 N–H and O–H groups in total. The monoisotopic (exact) mass is 279 g/mol.